The second kappa shape index (κ2) is 4.59. The molecule has 2 N–H and O–H groups in total. The number of hydrogen-bond acceptors (Lipinski definition) is 3. The maximum absolute atomic E-state index is 6.17. The molecular formula is C14H11ClN2S. The Balaban J connectivity index is 1.96. The molecule has 0 amide bonds. The second-order valence-corrected chi connectivity index (χ2v) is 5.63. The SMILES string of the molecule is Nc1ccc(Cc2nc3ccccc3s2)c(Cl)c1. The number of nitrogen functional groups attached to an aromatic ring is 1. The minimum Gasteiger partial charge on any atom is -0.399 e. The van der Waals surface area contributed by atoms with Gasteiger partial charge in [-0.1, -0.05) is 29.8 Å². The molecular weight excluding hydrogens is 264 g/mol. The number of nitrogens with zero attached hydrogens (tertiary/aromatic N) is 1. The van der Waals surface area contributed by atoms with Crippen LogP contribution in [0.4, 0.5) is 5.69 Å². The van der Waals surface area contributed by atoms with Crippen LogP contribution in [0.1, 0.15) is 10.6 Å². The van der Waals surface area contributed by atoms with Gasteiger partial charge >= 0.3 is 0 Å². The van der Waals surface area contributed by atoms with Crippen molar-refractivity contribution in [2.75, 3.05) is 5.73 Å². The molecule has 0 atom stereocenters. The van der Waals surface area contributed by atoms with Crippen molar-refractivity contribution in [2.45, 2.75) is 6.42 Å². The number of anilines is 1. The van der Waals surface area contributed by atoms with E-state index in [9.17, 15) is 0 Å². The summed E-state index contributed by atoms with van der Waals surface area (Å²) in [5.41, 5.74) is 8.48. The Labute approximate surface area is 114 Å². The number of aromatic nitrogens is 1. The minimum atomic E-state index is 0.688. The third-order valence-electron chi connectivity index (χ3n) is 2.76. The predicted molar refractivity (Wildman–Crippen MR) is 78.3 cm³/mol. The number of hydrogen-bond donors (Lipinski definition) is 1. The fraction of sp³-hybridized carbons (Fsp3) is 0.0714. The van der Waals surface area contributed by atoms with Gasteiger partial charge in [-0.25, -0.2) is 4.98 Å². The number of para-hydroxylation sites is 1. The molecule has 2 nitrogen and oxygen atoms in total. The fourth-order valence-corrected chi connectivity index (χ4v) is 3.11. The van der Waals surface area contributed by atoms with Crippen molar-refractivity contribution in [1.82, 2.24) is 4.98 Å². The first-order valence-corrected chi connectivity index (χ1v) is 6.80. The van der Waals surface area contributed by atoms with E-state index in [1.807, 2.05) is 30.3 Å². The van der Waals surface area contributed by atoms with Gasteiger partial charge in [0.2, 0.25) is 0 Å². The van der Waals surface area contributed by atoms with Gasteiger partial charge in [-0.3, -0.25) is 0 Å². The summed E-state index contributed by atoms with van der Waals surface area (Å²) in [6, 6.07) is 13.8. The normalized spacial score (nSPS) is 10.9. The zero-order valence-electron chi connectivity index (χ0n) is 9.56. The van der Waals surface area contributed by atoms with Crippen LogP contribution >= 0.6 is 22.9 Å². The Morgan fingerprint density at radius 1 is 1.17 bits per heavy atom. The summed E-state index contributed by atoms with van der Waals surface area (Å²) in [4.78, 5) is 4.60. The van der Waals surface area contributed by atoms with Gasteiger partial charge in [0.15, 0.2) is 0 Å². The zero-order chi connectivity index (χ0) is 12.5. The number of thiazole rings is 1. The van der Waals surface area contributed by atoms with Crippen molar-refractivity contribution in [2.24, 2.45) is 0 Å². The summed E-state index contributed by atoms with van der Waals surface area (Å²) < 4.78 is 1.21. The van der Waals surface area contributed by atoms with Crippen LogP contribution < -0.4 is 5.73 Å². The van der Waals surface area contributed by atoms with Gasteiger partial charge in [-0.2, -0.15) is 0 Å². The second-order valence-electron chi connectivity index (χ2n) is 4.10. The van der Waals surface area contributed by atoms with Gasteiger partial charge in [0, 0.05) is 17.1 Å². The first kappa shape index (κ1) is 11.5. The summed E-state index contributed by atoms with van der Waals surface area (Å²) in [7, 11) is 0. The van der Waals surface area contributed by atoms with Gasteiger partial charge in [0.25, 0.3) is 0 Å². The van der Waals surface area contributed by atoms with E-state index >= 15 is 0 Å². The molecule has 90 valence electrons. The summed E-state index contributed by atoms with van der Waals surface area (Å²) >= 11 is 7.88. The molecule has 1 aromatic heterocycles. The van der Waals surface area contributed by atoms with Crippen LogP contribution in [0.2, 0.25) is 5.02 Å². The Hall–Kier alpha value is -1.58. The molecule has 0 unspecified atom stereocenters. The van der Waals surface area contributed by atoms with Crippen LogP contribution in [-0.2, 0) is 6.42 Å². The highest BCUT2D eigenvalue weighted by Crippen LogP contribution is 2.27. The van der Waals surface area contributed by atoms with Crippen molar-refractivity contribution < 1.29 is 0 Å². The summed E-state index contributed by atoms with van der Waals surface area (Å²) in [6.07, 6.45) is 0.748. The lowest BCUT2D eigenvalue weighted by Gasteiger charge is -2.02. The summed E-state index contributed by atoms with van der Waals surface area (Å²) in [6.45, 7) is 0. The predicted octanol–water partition coefficient (Wildman–Crippen LogP) is 4.12. The van der Waals surface area contributed by atoms with Crippen molar-refractivity contribution in [3.8, 4) is 0 Å². The molecule has 3 rings (SSSR count). The number of nitrogens with two attached hydrogens (primary N) is 1. The van der Waals surface area contributed by atoms with E-state index < -0.39 is 0 Å². The zero-order valence-corrected chi connectivity index (χ0v) is 11.1. The number of fused-ring (bicyclic) bond motifs is 1. The lowest BCUT2D eigenvalue weighted by Crippen LogP contribution is -1.91. The van der Waals surface area contributed by atoms with Crippen molar-refractivity contribution in [1.29, 1.82) is 0 Å². The van der Waals surface area contributed by atoms with E-state index in [4.69, 9.17) is 17.3 Å². The molecule has 1 heterocycles. The lowest BCUT2D eigenvalue weighted by molar-refractivity contribution is 1.16. The number of benzene rings is 2. The molecule has 2 aromatic carbocycles. The van der Waals surface area contributed by atoms with Crippen molar-refractivity contribution >= 4 is 38.8 Å². The Bertz CT molecular complexity index is 673. The third kappa shape index (κ3) is 2.19. The molecule has 0 aliphatic carbocycles. The van der Waals surface area contributed by atoms with Gasteiger partial charge in [-0.05, 0) is 29.8 Å². The van der Waals surface area contributed by atoms with Gasteiger partial charge in [0.05, 0.1) is 15.2 Å². The van der Waals surface area contributed by atoms with E-state index in [2.05, 4.69) is 11.1 Å². The maximum Gasteiger partial charge on any atom is 0.0982 e. The molecule has 0 saturated carbocycles. The molecule has 4 heteroatoms. The van der Waals surface area contributed by atoms with E-state index in [1.165, 1.54) is 4.70 Å². The van der Waals surface area contributed by atoms with Crippen LogP contribution in [0.3, 0.4) is 0 Å². The molecule has 0 spiro atoms. The van der Waals surface area contributed by atoms with Crippen molar-refractivity contribution in [3.05, 3.63) is 58.1 Å². The molecule has 3 aromatic rings. The Morgan fingerprint density at radius 3 is 2.78 bits per heavy atom. The van der Waals surface area contributed by atoms with Crippen LogP contribution in [0, 0.1) is 0 Å². The molecule has 0 radical (unpaired) electrons. The molecule has 0 fully saturated rings. The highest BCUT2D eigenvalue weighted by molar-refractivity contribution is 7.18. The smallest absolute Gasteiger partial charge is 0.0982 e. The Kier molecular flexibility index (Phi) is 2.94. The highest BCUT2D eigenvalue weighted by atomic mass is 35.5. The summed E-state index contributed by atoms with van der Waals surface area (Å²) in [5, 5.41) is 1.78. The molecule has 18 heavy (non-hydrogen) atoms. The largest absolute Gasteiger partial charge is 0.399 e. The maximum atomic E-state index is 6.17. The lowest BCUT2D eigenvalue weighted by atomic mass is 10.1. The molecule has 0 saturated heterocycles. The number of rotatable bonds is 2. The first-order valence-electron chi connectivity index (χ1n) is 5.61. The fourth-order valence-electron chi connectivity index (χ4n) is 1.87. The quantitative estimate of drug-likeness (QED) is 0.714. The molecule has 0 aliphatic rings. The molecule has 0 bridgehead atoms. The van der Waals surface area contributed by atoms with Crippen LogP contribution in [-0.4, -0.2) is 4.98 Å². The Morgan fingerprint density at radius 2 is 2.00 bits per heavy atom. The van der Waals surface area contributed by atoms with Crippen LogP contribution in [0.15, 0.2) is 42.5 Å². The first-order chi connectivity index (χ1) is 8.72. The monoisotopic (exact) mass is 274 g/mol. The van der Waals surface area contributed by atoms with E-state index in [1.54, 1.807) is 17.4 Å². The average Bonchev–Trinajstić information content (AvgIpc) is 2.75. The van der Waals surface area contributed by atoms with Crippen LogP contribution in [0.5, 0.6) is 0 Å². The van der Waals surface area contributed by atoms with E-state index in [0.29, 0.717) is 10.7 Å². The van der Waals surface area contributed by atoms with Crippen molar-refractivity contribution in [3.63, 3.8) is 0 Å². The van der Waals surface area contributed by atoms with Crippen LogP contribution in [0.25, 0.3) is 10.2 Å². The summed E-state index contributed by atoms with van der Waals surface area (Å²) in [5.74, 6) is 0. The standard InChI is InChI=1S/C14H11ClN2S/c15-11-8-10(16)6-5-9(11)7-14-17-12-3-1-2-4-13(12)18-14/h1-6,8H,7,16H2. The molecule has 0 aliphatic heterocycles. The average molecular weight is 275 g/mol. The topological polar surface area (TPSA) is 38.9 Å². The van der Waals surface area contributed by atoms with Gasteiger partial charge < -0.3 is 5.73 Å². The van der Waals surface area contributed by atoms with Gasteiger partial charge in [-0.15, -0.1) is 11.3 Å². The number of halogens is 1. The highest BCUT2D eigenvalue weighted by Gasteiger charge is 2.07. The van der Waals surface area contributed by atoms with E-state index in [0.717, 1.165) is 22.5 Å². The van der Waals surface area contributed by atoms with E-state index in [-0.39, 0.29) is 0 Å². The minimum absolute atomic E-state index is 0.688. The third-order valence-corrected chi connectivity index (χ3v) is 4.15. The van der Waals surface area contributed by atoms with Gasteiger partial charge in [0.1, 0.15) is 0 Å².